The average Bonchev–Trinajstić information content (AvgIpc) is 3.63. The van der Waals surface area contributed by atoms with Gasteiger partial charge in [-0.1, -0.05) is 54.6 Å². The van der Waals surface area contributed by atoms with E-state index in [1.54, 1.807) is 23.7 Å². The van der Waals surface area contributed by atoms with E-state index in [1.165, 1.54) is 41.0 Å². The maximum Gasteiger partial charge on any atom is 0.263 e. The Kier molecular flexibility index (Phi) is 7.09. The number of allylic oxidation sites excluding steroid dienone is 1. The van der Waals surface area contributed by atoms with Crippen LogP contribution in [0, 0.1) is 11.3 Å². The van der Waals surface area contributed by atoms with Crippen LogP contribution < -0.4 is 10.0 Å². The van der Waals surface area contributed by atoms with Crippen LogP contribution in [0.2, 0.25) is 0 Å². The van der Waals surface area contributed by atoms with Crippen LogP contribution in [0.15, 0.2) is 107 Å². The van der Waals surface area contributed by atoms with E-state index in [0.29, 0.717) is 21.4 Å². The lowest BCUT2D eigenvalue weighted by Gasteiger charge is -2.06. The fourth-order valence-corrected chi connectivity index (χ4v) is 6.05. The molecule has 0 radical (unpaired) electrons. The van der Waals surface area contributed by atoms with E-state index in [2.05, 4.69) is 50.3 Å². The number of nitrogens with zero attached hydrogens (tertiary/aromatic N) is 3. The molecule has 0 unspecified atom stereocenters. The molecule has 0 fully saturated rings. The Hall–Kier alpha value is -4.30. The van der Waals surface area contributed by atoms with Crippen LogP contribution in [0.4, 0.5) is 10.8 Å². The van der Waals surface area contributed by atoms with Crippen LogP contribution in [0.3, 0.4) is 0 Å². The summed E-state index contributed by atoms with van der Waals surface area (Å²) in [7, 11) is -3.73. The lowest BCUT2D eigenvalue weighted by atomic mass is 10.0. The first-order chi connectivity index (χ1) is 18.0. The number of rotatable bonds is 8. The third-order valence-electron chi connectivity index (χ3n) is 5.34. The predicted molar refractivity (Wildman–Crippen MR) is 150 cm³/mol. The van der Waals surface area contributed by atoms with E-state index in [0.717, 1.165) is 22.4 Å². The molecule has 2 heterocycles. The minimum absolute atomic E-state index is 0.112. The van der Waals surface area contributed by atoms with Gasteiger partial charge in [-0.05, 0) is 35.4 Å². The van der Waals surface area contributed by atoms with Crippen molar-refractivity contribution in [2.45, 2.75) is 4.90 Å². The van der Waals surface area contributed by atoms with Gasteiger partial charge in [0.25, 0.3) is 10.0 Å². The molecule has 7 nitrogen and oxygen atoms in total. The maximum absolute atomic E-state index is 12.5. The molecule has 0 saturated carbocycles. The van der Waals surface area contributed by atoms with Crippen molar-refractivity contribution in [1.82, 2.24) is 9.97 Å². The number of benzene rings is 3. The first kappa shape index (κ1) is 24.4. The summed E-state index contributed by atoms with van der Waals surface area (Å²) < 4.78 is 27.4. The molecule has 0 amide bonds. The van der Waals surface area contributed by atoms with Crippen molar-refractivity contribution in [3.8, 4) is 28.5 Å². The molecule has 182 valence electrons. The molecule has 0 aliphatic carbocycles. The monoisotopic (exact) mass is 541 g/mol. The number of nitriles is 1. The molecule has 2 aromatic heterocycles. The molecule has 0 aliphatic rings. The Morgan fingerprint density at radius 3 is 2.27 bits per heavy atom. The van der Waals surface area contributed by atoms with Crippen molar-refractivity contribution >= 4 is 49.1 Å². The highest BCUT2D eigenvalue weighted by Crippen LogP contribution is 2.28. The molecule has 0 atom stereocenters. The first-order valence-electron chi connectivity index (χ1n) is 11.0. The number of hydrogen-bond donors (Lipinski definition) is 2. The molecule has 0 saturated heterocycles. The normalized spacial score (nSPS) is 11.6. The van der Waals surface area contributed by atoms with E-state index in [9.17, 15) is 13.7 Å². The van der Waals surface area contributed by atoms with Crippen molar-refractivity contribution in [1.29, 1.82) is 5.26 Å². The van der Waals surface area contributed by atoms with E-state index in [4.69, 9.17) is 0 Å². The summed E-state index contributed by atoms with van der Waals surface area (Å²) in [6.07, 6.45) is 3.10. The summed E-state index contributed by atoms with van der Waals surface area (Å²) >= 11 is 2.59. The summed E-state index contributed by atoms with van der Waals surface area (Å²) in [4.78, 5) is 8.70. The van der Waals surface area contributed by atoms with Crippen LogP contribution in [0.1, 0.15) is 5.01 Å². The second kappa shape index (κ2) is 10.8. The Balaban J connectivity index is 1.27. The second-order valence-corrected chi connectivity index (χ2v) is 11.2. The van der Waals surface area contributed by atoms with E-state index >= 15 is 0 Å². The van der Waals surface area contributed by atoms with Gasteiger partial charge in [-0.15, -0.1) is 22.7 Å². The van der Waals surface area contributed by atoms with Crippen LogP contribution in [-0.4, -0.2) is 18.4 Å². The zero-order chi connectivity index (χ0) is 25.7. The summed E-state index contributed by atoms with van der Waals surface area (Å²) in [6, 6.07) is 26.7. The van der Waals surface area contributed by atoms with Crippen LogP contribution in [0.5, 0.6) is 0 Å². The lowest BCUT2D eigenvalue weighted by molar-refractivity contribution is 0.601. The smallest absolute Gasteiger partial charge is 0.263 e. The third-order valence-corrected chi connectivity index (χ3v) is 8.39. The van der Waals surface area contributed by atoms with Crippen molar-refractivity contribution in [2.75, 3.05) is 10.0 Å². The molecule has 10 heteroatoms. The standard InChI is InChI=1S/C27H19N5O2S3/c28-16-22(17-30-23-10-12-24(13-11-23)37(33,34)32-27-29-14-15-35-27)26-31-25(18-36-26)21-8-6-20(7-9-21)19-4-2-1-3-5-19/h1-15,17-18,30H,(H,29,32)/b22-17+. The largest absolute Gasteiger partial charge is 0.360 e. The molecule has 0 spiro atoms. The fraction of sp³-hybridized carbons (Fsp3) is 0. The predicted octanol–water partition coefficient (Wildman–Crippen LogP) is 6.71. The van der Waals surface area contributed by atoms with Crippen LogP contribution in [-0.2, 0) is 10.0 Å². The highest BCUT2D eigenvalue weighted by atomic mass is 32.2. The van der Waals surface area contributed by atoms with Gasteiger partial charge in [0.2, 0.25) is 0 Å². The van der Waals surface area contributed by atoms with Gasteiger partial charge in [-0.2, -0.15) is 5.26 Å². The Bertz CT molecular complexity index is 1670. The van der Waals surface area contributed by atoms with Crippen molar-refractivity contribution in [3.05, 3.63) is 107 Å². The van der Waals surface area contributed by atoms with E-state index in [-0.39, 0.29) is 4.90 Å². The quantitative estimate of drug-likeness (QED) is 0.211. The van der Waals surface area contributed by atoms with Gasteiger partial charge in [0.05, 0.1) is 10.6 Å². The number of sulfonamides is 1. The molecule has 5 aromatic rings. The number of nitrogens with one attached hydrogen (secondary N) is 2. The molecule has 0 aliphatic heterocycles. The Morgan fingerprint density at radius 1 is 0.892 bits per heavy atom. The number of thiazole rings is 2. The summed E-state index contributed by atoms with van der Waals surface area (Å²) in [5.41, 5.74) is 5.04. The van der Waals surface area contributed by atoms with Gasteiger partial charge in [0.1, 0.15) is 16.6 Å². The topological polar surface area (TPSA) is 108 Å². The van der Waals surface area contributed by atoms with E-state index < -0.39 is 10.0 Å². The van der Waals surface area contributed by atoms with Gasteiger partial charge in [-0.3, -0.25) is 4.72 Å². The Morgan fingerprint density at radius 2 is 1.59 bits per heavy atom. The fourth-order valence-electron chi connectivity index (χ4n) is 3.47. The van der Waals surface area contributed by atoms with Gasteiger partial charge in [0, 0.05) is 34.4 Å². The van der Waals surface area contributed by atoms with E-state index in [1.807, 2.05) is 35.7 Å². The second-order valence-electron chi connectivity index (χ2n) is 7.76. The molecule has 0 bridgehead atoms. The zero-order valence-electron chi connectivity index (χ0n) is 19.2. The van der Waals surface area contributed by atoms with Crippen molar-refractivity contribution < 1.29 is 8.42 Å². The van der Waals surface area contributed by atoms with Gasteiger partial charge < -0.3 is 5.32 Å². The van der Waals surface area contributed by atoms with Gasteiger partial charge >= 0.3 is 0 Å². The van der Waals surface area contributed by atoms with Gasteiger partial charge in [-0.25, -0.2) is 18.4 Å². The molecule has 37 heavy (non-hydrogen) atoms. The number of aromatic nitrogens is 2. The zero-order valence-corrected chi connectivity index (χ0v) is 21.6. The average molecular weight is 542 g/mol. The molecule has 2 N–H and O–H groups in total. The van der Waals surface area contributed by atoms with Gasteiger partial charge in [0.15, 0.2) is 5.13 Å². The highest BCUT2D eigenvalue weighted by molar-refractivity contribution is 7.93. The van der Waals surface area contributed by atoms with Crippen molar-refractivity contribution in [3.63, 3.8) is 0 Å². The lowest BCUT2D eigenvalue weighted by Crippen LogP contribution is -2.12. The molecular weight excluding hydrogens is 523 g/mol. The highest BCUT2D eigenvalue weighted by Gasteiger charge is 2.15. The number of anilines is 2. The first-order valence-corrected chi connectivity index (χ1v) is 14.3. The molecular formula is C27H19N5O2S3. The van der Waals surface area contributed by atoms with Crippen molar-refractivity contribution in [2.24, 2.45) is 0 Å². The van der Waals surface area contributed by atoms with Crippen LogP contribution in [0.25, 0.3) is 28.0 Å². The summed E-state index contributed by atoms with van der Waals surface area (Å²) in [6.45, 7) is 0. The maximum atomic E-state index is 12.5. The minimum Gasteiger partial charge on any atom is -0.360 e. The summed E-state index contributed by atoms with van der Waals surface area (Å²) in [5.74, 6) is 0. The minimum atomic E-state index is -3.73. The number of hydrogen-bond acceptors (Lipinski definition) is 8. The molecule has 3 aromatic carbocycles. The molecule has 5 rings (SSSR count). The third kappa shape index (κ3) is 5.76. The summed E-state index contributed by atoms with van der Waals surface area (Å²) in [5, 5.41) is 17.2. The Labute approximate surface area is 222 Å². The van der Waals surface area contributed by atoms with Crippen LogP contribution >= 0.6 is 22.7 Å². The SMILES string of the molecule is N#C/C(=C\Nc1ccc(S(=O)(=O)Nc2nccs2)cc1)c1nc(-c2ccc(-c3ccccc3)cc2)cs1.